The summed E-state index contributed by atoms with van der Waals surface area (Å²) < 4.78 is 12.6. The van der Waals surface area contributed by atoms with Gasteiger partial charge in [-0.05, 0) is 24.0 Å². The molecule has 98 valence electrons. The molecule has 1 aliphatic rings. The van der Waals surface area contributed by atoms with Gasteiger partial charge >= 0.3 is 0 Å². The van der Waals surface area contributed by atoms with Gasteiger partial charge in [-0.25, -0.2) is 4.39 Å². The molecule has 0 saturated heterocycles. The predicted octanol–water partition coefficient (Wildman–Crippen LogP) is 2.02. The molecule has 0 saturated carbocycles. The van der Waals surface area contributed by atoms with Crippen LogP contribution in [0.1, 0.15) is 29.4 Å². The number of anilines is 2. The van der Waals surface area contributed by atoms with Gasteiger partial charge < -0.3 is 11.1 Å². The van der Waals surface area contributed by atoms with E-state index in [2.05, 4.69) is 32.4 Å². The van der Waals surface area contributed by atoms with Crippen molar-refractivity contribution in [3.63, 3.8) is 0 Å². The molecular weight excluding hydrogens is 245 g/mol. The van der Waals surface area contributed by atoms with Gasteiger partial charge in [-0.2, -0.15) is 15.0 Å². The molecule has 0 unspecified atom stereocenters. The van der Waals surface area contributed by atoms with Gasteiger partial charge in [0.05, 0.1) is 6.04 Å². The number of aryl methyl sites for hydroxylation is 1. The van der Waals surface area contributed by atoms with Crippen LogP contribution in [-0.2, 0) is 13.1 Å². The molecule has 0 amide bonds. The summed E-state index contributed by atoms with van der Waals surface area (Å²) in [7, 11) is 0. The maximum Gasteiger partial charge on any atom is 0.228 e. The zero-order valence-corrected chi connectivity index (χ0v) is 10.3. The molecule has 1 atom stereocenters. The van der Waals surface area contributed by atoms with E-state index in [-0.39, 0.29) is 17.8 Å². The van der Waals surface area contributed by atoms with E-state index in [9.17, 15) is 4.39 Å². The van der Waals surface area contributed by atoms with E-state index in [0.29, 0.717) is 5.95 Å². The Morgan fingerprint density at radius 3 is 2.95 bits per heavy atom. The SMILES string of the molecule is Nc1nc(CF)nc(N[C@@H]2CCc3ccccc32)n1. The van der Waals surface area contributed by atoms with Gasteiger partial charge in [-0.3, -0.25) is 0 Å². The second-order valence-corrected chi connectivity index (χ2v) is 4.50. The first-order valence-electron chi connectivity index (χ1n) is 6.17. The summed E-state index contributed by atoms with van der Waals surface area (Å²) in [6, 6.07) is 8.38. The monoisotopic (exact) mass is 259 g/mol. The number of nitrogens with two attached hydrogens (primary N) is 1. The van der Waals surface area contributed by atoms with E-state index in [4.69, 9.17) is 5.73 Å². The van der Waals surface area contributed by atoms with E-state index < -0.39 is 6.67 Å². The van der Waals surface area contributed by atoms with E-state index in [1.807, 2.05) is 12.1 Å². The molecule has 3 N–H and O–H groups in total. The first-order valence-corrected chi connectivity index (χ1v) is 6.17. The van der Waals surface area contributed by atoms with Gasteiger partial charge in [0, 0.05) is 0 Å². The topological polar surface area (TPSA) is 76.7 Å². The standard InChI is InChI=1S/C13H14FN5/c14-7-11-17-12(15)19-13(18-11)16-10-6-5-8-3-1-2-4-9(8)10/h1-4,10H,5-7H2,(H3,15,16,17,18,19)/t10-/m1/s1. The van der Waals surface area contributed by atoms with E-state index in [0.717, 1.165) is 12.8 Å². The molecule has 1 aromatic heterocycles. The number of fused-ring (bicyclic) bond motifs is 1. The third-order valence-electron chi connectivity index (χ3n) is 3.25. The van der Waals surface area contributed by atoms with Crippen molar-refractivity contribution in [2.24, 2.45) is 0 Å². The number of aromatic nitrogens is 3. The number of nitrogens with one attached hydrogen (secondary N) is 1. The fourth-order valence-corrected chi connectivity index (χ4v) is 2.43. The van der Waals surface area contributed by atoms with Gasteiger partial charge in [-0.1, -0.05) is 24.3 Å². The number of rotatable bonds is 3. The number of hydrogen-bond acceptors (Lipinski definition) is 5. The second-order valence-electron chi connectivity index (χ2n) is 4.50. The fraction of sp³-hybridized carbons (Fsp3) is 0.308. The predicted molar refractivity (Wildman–Crippen MR) is 70.2 cm³/mol. The third-order valence-corrected chi connectivity index (χ3v) is 3.25. The highest BCUT2D eigenvalue weighted by Gasteiger charge is 2.22. The minimum Gasteiger partial charge on any atom is -0.368 e. The number of hydrogen-bond donors (Lipinski definition) is 2. The highest BCUT2D eigenvalue weighted by atomic mass is 19.1. The summed E-state index contributed by atoms with van der Waals surface area (Å²) in [4.78, 5) is 11.7. The van der Waals surface area contributed by atoms with E-state index in [1.54, 1.807) is 0 Å². The van der Waals surface area contributed by atoms with Crippen molar-refractivity contribution in [2.45, 2.75) is 25.6 Å². The Labute approximate surface area is 110 Å². The van der Waals surface area contributed by atoms with E-state index >= 15 is 0 Å². The number of alkyl halides is 1. The molecule has 5 nitrogen and oxygen atoms in total. The zero-order valence-electron chi connectivity index (χ0n) is 10.3. The van der Waals surface area contributed by atoms with Crippen LogP contribution in [0.2, 0.25) is 0 Å². The average molecular weight is 259 g/mol. The van der Waals surface area contributed by atoms with Crippen molar-refractivity contribution in [3.05, 3.63) is 41.2 Å². The second kappa shape index (κ2) is 4.79. The largest absolute Gasteiger partial charge is 0.368 e. The van der Waals surface area contributed by atoms with Crippen LogP contribution in [-0.4, -0.2) is 15.0 Å². The quantitative estimate of drug-likeness (QED) is 0.881. The van der Waals surface area contributed by atoms with Gasteiger partial charge in [0.1, 0.15) is 6.67 Å². The van der Waals surface area contributed by atoms with Gasteiger partial charge in [-0.15, -0.1) is 0 Å². The Morgan fingerprint density at radius 2 is 2.11 bits per heavy atom. The summed E-state index contributed by atoms with van der Waals surface area (Å²) >= 11 is 0. The highest BCUT2D eigenvalue weighted by Crippen LogP contribution is 2.32. The molecule has 0 radical (unpaired) electrons. The zero-order chi connectivity index (χ0) is 13.2. The molecule has 1 heterocycles. The lowest BCUT2D eigenvalue weighted by Crippen LogP contribution is -2.13. The van der Waals surface area contributed by atoms with Crippen molar-refractivity contribution in [3.8, 4) is 0 Å². The highest BCUT2D eigenvalue weighted by molar-refractivity contribution is 5.41. The van der Waals surface area contributed by atoms with Crippen molar-refractivity contribution in [1.29, 1.82) is 0 Å². The van der Waals surface area contributed by atoms with E-state index in [1.165, 1.54) is 11.1 Å². The number of nitrogen functional groups attached to an aromatic ring is 1. The first kappa shape index (κ1) is 11.8. The van der Waals surface area contributed by atoms with Crippen molar-refractivity contribution >= 4 is 11.9 Å². The molecule has 1 aliphatic carbocycles. The molecule has 2 aromatic rings. The number of halogens is 1. The molecule has 0 aliphatic heterocycles. The van der Waals surface area contributed by atoms with Crippen LogP contribution in [0.3, 0.4) is 0 Å². The maximum absolute atomic E-state index is 12.6. The molecule has 19 heavy (non-hydrogen) atoms. The summed E-state index contributed by atoms with van der Waals surface area (Å²) in [6.07, 6.45) is 1.99. The first-order chi connectivity index (χ1) is 9.26. The lowest BCUT2D eigenvalue weighted by atomic mass is 10.1. The van der Waals surface area contributed by atoms with Crippen LogP contribution in [0.5, 0.6) is 0 Å². The molecule has 6 heteroatoms. The molecule has 1 aromatic carbocycles. The van der Waals surface area contributed by atoms with Gasteiger partial charge in [0.15, 0.2) is 5.82 Å². The lowest BCUT2D eigenvalue weighted by molar-refractivity contribution is 0.464. The van der Waals surface area contributed by atoms with Crippen molar-refractivity contribution < 1.29 is 4.39 Å². The minimum absolute atomic E-state index is 0.0384. The van der Waals surface area contributed by atoms with Crippen LogP contribution < -0.4 is 11.1 Å². The van der Waals surface area contributed by atoms with Crippen LogP contribution in [0.4, 0.5) is 16.3 Å². The molecule has 0 spiro atoms. The molecule has 0 bridgehead atoms. The Morgan fingerprint density at radius 1 is 1.26 bits per heavy atom. The van der Waals surface area contributed by atoms with Crippen LogP contribution >= 0.6 is 0 Å². The lowest BCUT2D eigenvalue weighted by Gasteiger charge is -2.14. The summed E-state index contributed by atoms with van der Waals surface area (Å²) in [6.45, 7) is -0.747. The molecule has 3 rings (SSSR count). The summed E-state index contributed by atoms with van der Waals surface area (Å²) in [5.41, 5.74) is 8.10. The number of benzene rings is 1. The van der Waals surface area contributed by atoms with Crippen LogP contribution in [0.25, 0.3) is 0 Å². The van der Waals surface area contributed by atoms with Crippen LogP contribution in [0, 0.1) is 0 Å². The summed E-state index contributed by atoms with van der Waals surface area (Å²) in [5.74, 6) is 0.430. The summed E-state index contributed by atoms with van der Waals surface area (Å²) in [5, 5.41) is 3.20. The Kier molecular flexibility index (Phi) is 2.98. The normalized spacial score (nSPS) is 17.2. The average Bonchev–Trinajstić information content (AvgIpc) is 2.82. The molecule has 0 fully saturated rings. The third kappa shape index (κ3) is 2.33. The number of nitrogens with zero attached hydrogens (tertiary/aromatic N) is 3. The maximum atomic E-state index is 12.6. The van der Waals surface area contributed by atoms with Gasteiger partial charge in [0.25, 0.3) is 0 Å². The van der Waals surface area contributed by atoms with Crippen LogP contribution in [0.15, 0.2) is 24.3 Å². The molecular formula is C13H14FN5. The van der Waals surface area contributed by atoms with Gasteiger partial charge in [0.2, 0.25) is 11.9 Å². The Bertz CT molecular complexity index is 601. The minimum atomic E-state index is -0.747. The van der Waals surface area contributed by atoms with Crippen molar-refractivity contribution in [2.75, 3.05) is 11.1 Å². The Balaban J connectivity index is 1.85. The smallest absolute Gasteiger partial charge is 0.228 e. The van der Waals surface area contributed by atoms with Crippen molar-refractivity contribution in [1.82, 2.24) is 15.0 Å². The Hall–Kier alpha value is -2.24. The fourth-order valence-electron chi connectivity index (χ4n) is 2.43.